The minimum atomic E-state index is -2.87. The number of benzene rings is 1. The molecule has 1 aliphatic rings. The van der Waals surface area contributed by atoms with E-state index in [2.05, 4.69) is 20.0 Å². The predicted octanol–water partition coefficient (Wildman–Crippen LogP) is 2.88. The van der Waals surface area contributed by atoms with Crippen LogP contribution in [0.25, 0.3) is 0 Å². The second-order valence-corrected chi connectivity index (χ2v) is 5.07. The van der Waals surface area contributed by atoms with Crippen LogP contribution in [0.4, 0.5) is 14.6 Å². The largest absolute Gasteiger partial charge is 0.476 e. The van der Waals surface area contributed by atoms with E-state index in [0.29, 0.717) is 5.82 Å². The number of aromatic carboxylic acids is 1. The fourth-order valence-corrected chi connectivity index (χ4v) is 2.60. The summed E-state index contributed by atoms with van der Waals surface area (Å²) in [6.07, 6.45) is 4.08. The van der Waals surface area contributed by atoms with Crippen LogP contribution in [0.15, 0.2) is 30.6 Å². The Hall–Kier alpha value is -2.77. The molecule has 120 valence electrons. The van der Waals surface area contributed by atoms with E-state index < -0.39 is 12.6 Å². The molecule has 6 nitrogen and oxygen atoms in total. The monoisotopic (exact) mass is 321 g/mol. The van der Waals surface area contributed by atoms with Crippen molar-refractivity contribution in [1.29, 1.82) is 0 Å². The molecule has 2 N–H and O–H groups in total. The molecule has 1 aromatic heterocycles. The molecular weight excluding hydrogens is 308 g/mol. The van der Waals surface area contributed by atoms with Gasteiger partial charge in [0.25, 0.3) is 0 Å². The topological polar surface area (TPSA) is 84.3 Å². The first-order valence-corrected chi connectivity index (χ1v) is 6.92. The third kappa shape index (κ3) is 3.36. The molecular formula is C15H13F2N3O3. The van der Waals surface area contributed by atoms with E-state index in [-0.39, 0.29) is 17.5 Å². The molecule has 0 aliphatic heterocycles. The number of carboxylic acid groups (broad SMARTS) is 1. The average molecular weight is 321 g/mol. The van der Waals surface area contributed by atoms with Crippen LogP contribution in [-0.2, 0) is 6.42 Å². The Kier molecular flexibility index (Phi) is 4.05. The molecule has 0 bridgehead atoms. The summed E-state index contributed by atoms with van der Waals surface area (Å²) in [4.78, 5) is 18.5. The highest BCUT2D eigenvalue weighted by atomic mass is 19.3. The Morgan fingerprint density at radius 3 is 2.83 bits per heavy atom. The highest BCUT2D eigenvalue weighted by molar-refractivity contribution is 5.84. The standard InChI is InChI=1S/C15H13F2N3O3/c16-15(17)23-9-3-1-8-2-4-11(10(8)5-9)20-13-7-18-12(6-19-13)14(21)22/h1,3,5-7,11,15H,2,4H2,(H,19,20)(H,21,22)/t11-/m1/s1. The summed E-state index contributed by atoms with van der Waals surface area (Å²) >= 11 is 0. The van der Waals surface area contributed by atoms with Gasteiger partial charge in [-0.3, -0.25) is 0 Å². The molecule has 0 saturated heterocycles. The number of carbonyl (C=O) groups is 1. The zero-order valence-corrected chi connectivity index (χ0v) is 11.9. The van der Waals surface area contributed by atoms with Gasteiger partial charge in [-0.15, -0.1) is 0 Å². The van der Waals surface area contributed by atoms with Gasteiger partial charge in [-0.05, 0) is 36.1 Å². The summed E-state index contributed by atoms with van der Waals surface area (Å²) in [5.41, 5.74) is 1.78. The molecule has 0 spiro atoms. The zero-order valence-electron chi connectivity index (χ0n) is 11.9. The van der Waals surface area contributed by atoms with E-state index in [4.69, 9.17) is 5.11 Å². The van der Waals surface area contributed by atoms with Crippen molar-refractivity contribution in [3.05, 3.63) is 47.4 Å². The number of nitrogens with zero attached hydrogens (tertiary/aromatic N) is 2. The second kappa shape index (κ2) is 6.15. The van der Waals surface area contributed by atoms with Crippen LogP contribution in [-0.4, -0.2) is 27.7 Å². The van der Waals surface area contributed by atoms with Crippen LogP contribution in [0.2, 0.25) is 0 Å². The molecule has 0 amide bonds. The fraction of sp³-hybridized carbons (Fsp3) is 0.267. The van der Waals surface area contributed by atoms with Gasteiger partial charge in [0, 0.05) is 0 Å². The molecule has 23 heavy (non-hydrogen) atoms. The highest BCUT2D eigenvalue weighted by Crippen LogP contribution is 2.36. The maximum atomic E-state index is 12.3. The van der Waals surface area contributed by atoms with Crippen molar-refractivity contribution in [2.24, 2.45) is 0 Å². The van der Waals surface area contributed by atoms with Gasteiger partial charge >= 0.3 is 12.6 Å². The number of aryl methyl sites for hydroxylation is 1. The summed E-state index contributed by atoms with van der Waals surface area (Å²) in [5.74, 6) is -0.614. The number of halogens is 2. The Balaban J connectivity index is 1.77. The summed E-state index contributed by atoms with van der Waals surface area (Å²) in [6, 6.07) is 4.77. The van der Waals surface area contributed by atoms with Crippen molar-refractivity contribution in [3.8, 4) is 5.75 Å². The van der Waals surface area contributed by atoms with E-state index in [0.717, 1.165) is 30.2 Å². The third-order valence-electron chi connectivity index (χ3n) is 3.61. The van der Waals surface area contributed by atoms with Gasteiger partial charge in [0.1, 0.15) is 11.6 Å². The van der Waals surface area contributed by atoms with Crippen LogP contribution >= 0.6 is 0 Å². The molecule has 2 aromatic rings. The first-order valence-electron chi connectivity index (χ1n) is 6.92. The molecule has 0 radical (unpaired) electrons. The van der Waals surface area contributed by atoms with Crippen LogP contribution < -0.4 is 10.1 Å². The first kappa shape index (κ1) is 15.1. The van der Waals surface area contributed by atoms with Crippen LogP contribution in [0.1, 0.15) is 34.1 Å². The molecule has 1 heterocycles. The summed E-state index contributed by atoms with van der Waals surface area (Å²) < 4.78 is 29.1. The summed E-state index contributed by atoms with van der Waals surface area (Å²) in [6.45, 7) is -2.87. The number of aromatic nitrogens is 2. The number of anilines is 1. The number of carboxylic acids is 1. The SMILES string of the molecule is O=C(O)c1cnc(N[C@@H]2CCc3ccc(OC(F)F)cc32)cn1. The lowest BCUT2D eigenvalue weighted by Crippen LogP contribution is -2.10. The third-order valence-corrected chi connectivity index (χ3v) is 3.61. The number of ether oxygens (including phenoxy) is 1. The van der Waals surface area contributed by atoms with Crippen LogP contribution in [0.5, 0.6) is 5.75 Å². The van der Waals surface area contributed by atoms with Crippen molar-refractivity contribution in [2.75, 3.05) is 5.32 Å². The number of hydrogen-bond acceptors (Lipinski definition) is 5. The molecule has 0 fully saturated rings. The van der Waals surface area contributed by atoms with Crippen LogP contribution in [0, 0.1) is 0 Å². The van der Waals surface area contributed by atoms with Gasteiger partial charge in [0.05, 0.1) is 18.4 Å². The molecule has 3 rings (SSSR count). The molecule has 8 heteroatoms. The van der Waals surface area contributed by atoms with Gasteiger partial charge in [0.2, 0.25) is 0 Å². The van der Waals surface area contributed by atoms with Crippen molar-refractivity contribution in [1.82, 2.24) is 9.97 Å². The number of hydrogen-bond donors (Lipinski definition) is 2. The van der Waals surface area contributed by atoms with Gasteiger partial charge in [-0.25, -0.2) is 14.8 Å². The fourth-order valence-electron chi connectivity index (χ4n) is 2.60. The Morgan fingerprint density at radius 1 is 1.35 bits per heavy atom. The van der Waals surface area contributed by atoms with Crippen molar-refractivity contribution >= 4 is 11.8 Å². The highest BCUT2D eigenvalue weighted by Gasteiger charge is 2.24. The molecule has 0 unspecified atom stereocenters. The number of alkyl halides is 2. The summed E-state index contributed by atoms with van der Waals surface area (Å²) in [7, 11) is 0. The van der Waals surface area contributed by atoms with Gasteiger partial charge in [0.15, 0.2) is 5.69 Å². The quantitative estimate of drug-likeness (QED) is 0.881. The second-order valence-electron chi connectivity index (χ2n) is 5.07. The maximum absolute atomic E-state index is 12.3. The zero-order chi connectivity index (χ0) is 16.4. The Morgan fingerprint density at radius 2 is 2.17 bits per heavy atom. The molecule has 1 aliphatic carbocycles. The van der Waals surface area contributed by atoms with E-state index in [1.165, 1.54) is 12.3 Å². The van der Waals surface area contributed by atoms with E-state index >= 15 is 0 Å². The van der Waals surface area contributed by atoms with Crippen molar-refractivity contribution in [2.45, 2.75) is 25.5 Å². The minimum absolute atomic E-state index is 0.111. The predicted molar refractivity (Wildman–Crippen MR) is 76.8 cm³/mol. The van der Waals surface area contributed by atoms with E-state index in [9.17, 15) is 13.6 Å². The van der Waals surface area contributed by atoms with Crippen molar-refractivity contribution in [3.63, 3.8) is 0 Å². The lowest BCUT2D eigenvalue weighted by molar-refractivity contribution is -0.0499. The van der Waals surface area contributed by atoms with Gasteiger partial charge < -0.3 is 15.2 Å². The number of fused-ring (bicyclic) bond motifs is 1. The first-order chi connectivity index (χ1) is 11.0. The lowest BCUT2D eigenvalue weighted by Gasteiger charge is -2.15. The smallest absolute Gasteiger partial charge is 0.387 e. The maximum Gasteiger partial charge on any atom is 0.387 e. The Bertz CT molecular complexity index is 722. The van der Waals surface area contributed by atoms with Crippen molar-refractivity contribution < 1.29 is 23.4 Å². The number of nitrogens with one attached hydrogen (secondary N) is 1. The van der Waals surface area contributed by atoms with Gasteiger partial charge in [-0.1, -0.05) is 6.07 Å². The molecule has 1 aromatic carbocycles. The summed E-state index contributed by atoms with van der Waals surface area (Å²) in [5, 5.41) is 11.9. The molecule has 1 atom stereocenters. The minimum Gasteiger partial charge on any atom is -0.476 e. The van der Waals surface area contributed by atoms with E-state index in [1.807, 2.05) is 0 Å². The molecule has 0 saturated carbocycles. The normalized spacial score (nSPS) is 16.2. The van der Waals surface area contributed by atoms with E-state index in [1.54, 1.807) is 12.1 Å². The number of rotatable bonds is 5. The van der Waals surface area contributed by atoms with Gasteiger partial charge in [-0.2, -0.15) is 8.78 Å². The average Bonchev–Trinajstić information content (AvgIpc) is 2.90. The Labute approximate surface area is 130 Å². The van der Waals surface area contributed by atoms with Crippen LogP contribution in [0.3, 0.4) is 0 Å². The lowest BCUT2D eigenvalue weighted by atomic mass is 10.1.